The number of thiophene rings is 2. The lowest BCUT2D eigenvalue weighted by atomic mass is 10.00. The van der Waals surface area contributed by atoms with Crippen LogP contribution < -0.4 is 4.90 Å². The Morgan fingerprint density at radius 1 is 0.328 bits per heavy atom. The van der Waals surface area contributed by atoms with Crippen LogP contribution in [-0.2, 0) is 0 Å². The quantitative estimate of drug-likeness (QED) is 0.167. The summed E-state index contributed by atoms with van der Waals surface area (Å²) in [6.45, 7) is 0. The summed E-state index contributed by atoms with van der Waals surface area (Å²) in [5.41, 5.74) is 12.3. The summed E-state index contributed by atoms with van der Waals surface area (Å²) in [6, 6.07) is 72.6. The fourth-order valence-electron chi connectivity index (χ4n) is 8.70. The van der Waals surface area contributed by atoms with Crippen molar-refractivity contribution in [2.24, 2.45) is 0 Å². The predicted molar refractivity (Wildman–Crippen MR) is 250 cm³/mol. The van der Waals surface area contributed by atoms with E-state index in [4.69, 9.17) is 4.42 Å². The fourth-order valence-corrected chi connectivity index (χ4v) is 11.1. The maximum atomic E-state index is 6.50. The molecule has 12 rings (SSSR count). The second-order valence-electron chi connectivity index (χ2n) is 14.9. The predicted octanol–water partition coefficient (Wildman–Crippen LogP) is 16.8. The molecule has 12 aromatic rings. The molecule has 0 radical (unpaired) electrons. The van der Waals surface area contributed by atoms with Gasteiger partial charge in [0.1, 0.15) is 11.2 Å². The van der Waals surface area contributed by atoms with E-state index in [-0.39, 0.29) is 0 Å². The SMILES string of the molecule is c1ccc(-c2cccc3c2oc2ccc(-c4ccc(N(c5ccc6c(c5)sc5ccccc56)c5ccc6sc7c(-c8ccccc8)cccc7c6c5)cc4)cc23)cc1. The highest BCUT2D eigenvalue weighted by Gasteiger charge is 2.19. The summed E-state index contributed by atoms with van der Waals surface area (Å²) in [5, 5.41) is 7.42. The standard InChI is InChI=1S/C54H33NOS2/c1-3-11-35(12-4-1)41-16-9-18-45-47-31-37(23-29-49(47)56-53(41)45)34-21-24-38(25-22-34)55(40-26-28-44-43-15-7-8-20-50(43)57-52(44)33-40)39-27-30-51-48(32-39)46-19-10-17-42(54(46)58-51)36-13-5-2-6-14-36/h1-33H. The lowest BCUT2D eigenvalue weighted by Crippen LogP contribution is -2.09. The molecule has 58 heavy (non-hydrogen) atoms. The van der Waals surface area contributed by atoms with Gasteiger partial charge < -0.3 is 9.32 Å². The Hall–Kier alpha value is -6.98. The van der Waals surface area contributed by atoms with Gasteiger partial charge in [-0.2, -0.15) is 0 Å². The zero-order valence-electron chi connectivity index (χ0n) is 31.2. The molecule has 0 saturated carbocycles. The minimum Gasteiger partial charge on any atom is -0.455 e. The number of hydrogen-bond donors (Lipinski definition) is 0. The lowest BCUT2D eigenvalue weighted by Gasteiger charge is -2.26. The van der Waals surface area contributed by atoms with E-state index < -0.39 is 0 Å². The monoisotopic (exact) mass is 775 g/mol. The molecule has 0 fully saturated rings. The number of para-hydroxylation sites is 1. The minimum absolute atomic E-state index is 0.897. The van der Waals surface area contributed by atoms with E-state index in [2.05, 4.69) is 205 Å². The number of furan rings is 1. The summed E-state index contributed by atoms with van der Waals surface area (Å²) in [7, 11) is 0. The molecule has 0 atom stereocenters. The smallest absolute Gasteiger partial charge is 0.143 e. The van der Waals surface area contributed by atoms with Crippen molar-refractivity contribution in [1.82, 2.24) is 0 Å². The normalized spacial score (nSPS) is 11.8. The van der Waals surface area contributed by atoms with Gasteiger partial charge in [0.05, 0.1) is 0 Å². The maximum absolute atomic E-state index is 6.50. The van der Waals surface area contributed by atoms with Crippen molar-refractivity contribution in [3.63, 3.8) is 0 Å². The minimum atomic E-state index is 0.897. The molecule has 272 valence electrons. The summed E-state index contributed by atoms with van der Waals surface area (Å²) in [6.07, 6.45) is 0. The third kappa shape index (κ3) is 5.37. The molecular weight excluding hydrogens is 743 g/mol. The van der Waals surface area contributed by atoms with Gasteiger partial charge in [-0.3, -0.25) is 0 Å². The Balaban J connectivity index is 0.983. The molecule has 9 aromatic carbocycles. The molecule has 0 bridgehead atoms. The Bertz CT molecular complexity index is 3500. The van der Waals surface area contributed by atoms with Gasteiger partial charge in [0.25, 0.3) is 0 Å². The second kappa shape index (κ2) is 13.3. The van der Waals surface area contributed by atoms with Crippen LogP contribution >= 0.6 is 22.7 Å². The molecule has 0 saturated heterocycles. The van der Waals surface area contributed by atoms with E-state index in [1.807, 2.05) is 22.7 Å². The number of benzene rings is 9. The van der Waals surface area contributed by atoms with Gasteiger partial charge in [-0.1, -0.05) is 140 Å². The van der Waals surface area contributed by atoms with E-state index in [1.54, 1.807) is 0 Å². The summed E-state index contributed by atoms with van der Waals surface area (Å²) in [5.74, 6) is 0. The number of rotatable bonds is 6. The zero-order valence-corrected chi connectivity index (χ0v) is 32.9. The van der Waals surface area contributed by atoms with Crippen molar-refractivity contribution < 1.29 is 4.42 Å². The zero-order chi connectivity index (χ0) is 38.2. The first-order valence-electron chi connectivity index (χ1n) is 19.6. The van der Waals surface area contributed by atoms with Crippen molar-refractivity contribution in [2.75, 3.05) is 4.90 Å². The first-order chi connectivity index (χ1) is 28.7. The highest BCUT2D eigenvalue weighted by atomic mass is 32.1. The van der Waals surface area contributed by atoms with Crippen molar-refractivity contribution in [3.05, 3.63) is 200 Å². The second-order valence-corrected chi connectivity index (χ2v) is 17.0. The number of hydrogen-bond acceptors (Lipinski definition) is 4. The molecule has 0 amide bonds. The lowest BCUT2D eigenvalue weighted by molar-refractivity contribution is 0.670. The third-order valence-electron chi connectivity index (χ3n) is 11.5. The van der Waals surface area contributed by atoms with Gasteiger partial charge in [0, 0.05) is 73.7 Å². The maximum Gasteiger partial charge on any atom is 0.143 e. The van der Waals surface area contributed by atoms with Crippen LogP contribution in [0.4, 0.5) is 17.1 Å². The topological polar surface area (TPSA) is 16.4 Å². The molecule has 0 spiro atoms. The van der Waals surface area contributed by atoms with E-state index in [9.17, 15) is 0 Å². The average Bonchev–Trinajstić information content (AvgIpc) is 3.98. The Kier molecular flexibility index (Phi) is 7.62. The Morgan fingerprint density at radius 3 is 1.78 bits per heavy atom. The Labute approximate surface area is 343 Å². The van der Waals surface area contributed by atoms with Crippen LogP contribution in [0.2, 0.25) is 0 Å². The molecule has 3 heterocycles. The first kappa shape index (κ1) is 33.2. The van der Waals surface area contributed by atoms with Gasteiger partial charge in [-0.25, -0.2) is 0 Å². The molecule has 0 aliphatic heterocycles. The molecule has 2 nitrogen and oxygen atoms in total. The number of anilines is 3. The summed E-state index contributed by atoms with van der Waals surface area (Å²) in [4.78, 5) is 2.41. The Morgan fingerprint density at radius 2 is 0.948 bits per heavy atom. The molecule has 0 aliphatic carbocycles. The average molecular weight is 776 g/mol. The molecule has 0 aliphatic rings. The fraction of sp³-hybridized carbons (Fsp3) is 0. The van der Waals surface area contributed by atoms with Crippen LogP contribution in [0.15, 0.2) is 205 Å². The molecule has 3 aromatic heterocycles. The van der Waals surface area contributed by atoms with Gasteiger partial charge in [0.15, 0.2) is 0 Å². The van der Waals surface area contributed by atoms with Crippen LogP contribution in [0.25, 0.3) is 95.7 Å². The van der Waals surface area contributed by atoms with Gasteiger partial charge in [0.2, 0.25) is 0 Å². The van der Waals surface area contributed by atoms with Crippen LogP contribution in [0.1, 0.15) is 0 Å². The molecule has 0 unspecified atom stereocenters. The first-order valence-corrected chi connectivity index (χ1v) is 21.2. The highest BCUT2D eigenvalue weighted by Crippen LogP contribution is 2.45. The van der Waals surface area contributed by atoms with E-state index in [1.165, 1.54) is 51.5 Å². The van der Waals surface area contributed by atoms with Crippen molar-refractivity contribution >= 4 is 102 Å². The summed E-state index contributed by atoms with van der Waals surface area (Å²) >= 11 is 3.73. The van der Waals surface area contributed by atoms with E-state index in [0.29, 0.717) is 0 Å². The molecular formula is C54H33NOS2. The third-order valence-corrected chi connectivity index (χ3v) is 13.8. The molecule has 4 heteroatoms. The van der Waals surface area contributed by atoms with Gasteiger partial charge in [-0.05, 0) is 88.5 Å². The van der Waals surface area contributed by atoms with Crippen LogP contribution in [0.3, 0.4) is 0 Å². The van der Waals surface area contributed by atoms with E-state index >= 15 is 0 Å². The molecule has 0 N–H and O–H groups in total. The number of nitrogens with zero attached hydrogens (tertiary/aromatic N) is 1. The van der Waals surface area contributed by atoms with Crippen LogP contribution in [-0.4, -0.2) is 0 Å². The van der Waals surface area contributed by atoms with Crippen molar-refractivity contribution in [3.8, 4) is 33.4 Å². The number of fused-ring (bicyclic) bond motifs is 9. The largest absolute Gasteiger partial charge is 0.455 e. The van der Waals surface area contributed by atoms with Crippen LogP contribution in [0, 0.1) is 0 Å². The van der Waals surface area contributed by atoms with Crippen LogP contribution in [0.5, 0.6) is 0 Å². The van der Waals surface area contributed by atoms with Gasteiger partial charge >= 0.3 is 0 Å². The highest BCUT2D eigenvalue weighted by molar-refractivity contribution is 7.26. The van der Waals surface area contributed by atoms with E-state index in [0.717, 1.165) is 61.3 Å². The van der Waals surface area contributed by atoms with Crippen molar-refractivity contribution in [1.29, 1.82) is 0 Å². The summed E-state index contributed by atoms with van der Waals surface area (Å²) < 4.78 is 11.7. The van der Waals surface area contributed by atoms with Crippen molar-refractivity contribution in [2.45, 2.75) is 0 Å². The van der Waals surface area contributed by atoms with Gasteiger partial charge in [-0.15, -0.1) is 22.7 Å².